The molecule has 0 aliphatic heterocycles. The Morgan fingerprint density at radius 1 is 1.19 bits per heavy atom. The van der Waals surface area contributed by atoms with Gasteiger partial charge in [0.2, 0.25) is 0 Å². The van der Waals surface area contributed by atoms with Crippen molar-refractivity contribution in [3.8, 4) is 0 Å². The highest BCUT2D eigenvalue weighted by atomic mass is 35.5. The Bertz CT molecular complexity index is 610. The zero-order chi connectivity index (χ0) is 15.2. The fourth-order valence-corrected chi connectivity index (χ4v) is 2.32. The molecule has 0 fully saturated rings. The SMILES string of the molecule is COC(=O)C(NCc1ccc(C)cc1)c1ccccc1Cl. The summed E-state index contributed by atoms with van der Waals surface area (Å²) < 4.78 is 4.87. The van der Waals surface area contributed by atoms with E-state index in [-0.39, 0.29) is 5.97 Å². The minimum absolute atomic E-state index is 0.352. The summed E-state index contributed by atoms with van der Waals surface area (Å²) in [4.78, 5) is 12.0. The van der Waals surface area contributed by atoms with Crippen molar-refractivity contribution in [1.82, 2.24) is 5.32 Å². The number of halogens is 1. The molecule has 21 heavy (non-hydrogen) atoms. The van der Waals surface area contributed by atoms with Gasteiger partial charge in [-0.25, -0.2) is 4.79 Å². The highest BCUT2D eigenvalue weighted by molar-refractivity contribution is 6.31. The smallest absolute Gasteiger partial charge is 0.327 e. The van der Waals surface area contributed by atoms with Crippen molar-refractivity contribution < 1.29 is 9.53 Å². The number of carbonyl (C=O) groups excluding carboxylic acids is 1. The molecule has 2 aromatic rings. The average molecular weight is 304 g/mol. The summed E-state index contributed by atoms with van der Waals surface area (Å²) >= 11 is 6.17. The van der Waals surface area contributed by atoms with Gasteiger partial charge in [-0.05, 0) is 24.1 Å². The van der Waals surface area contributed by atoms with Crippen LogP contribution in [0.15, 0.2) is 48.5 Å². The maximum atomic E-state index is 12.0. The van der Waals surface area contributed by atoms with Gasteiger partial charge in [0.05, 0.1) is 7.11 Å². The van der Waals surface area contributed by atoms with Crippen LogP contribution in [-0.2, 0) is 16.1 Å². The average Bonchev–Trinajstić information content (AvgIpc) is 2.50. The fraction of sp³-hybridized carbons (Fsp3) is 0.235. The molecule has 0 aromatic heterocycles. The van der Waals surface area contributed by atoms with E-state index < -0.39 is 6.04 Å². The van der Waals surface area contributed by atoms with Crippen LogP contribution in [0.2, 0.25) is 5.02 Å². The molecule has 0 bridgehead atoms. The molecule has 0 radical (unpaired) electrons. The van der Waals surface area contributed by atoms with Crippen LogP contribution in [0.4, 0.5) is 0 Å². The van der Waals surface area contributed by atoms with E-state index >= 15 is 0 Å². The monoisotopic (exact) mass is 303 g/mol. The standard InChI is InChI=1S/C17H18ClNO2/c1-12-7-9-13(10-8-12)11-19-16(17(20)21-2)14-5-3-4-6-15(14)18/h3-10,16,19H,11H2,1-2H3. The maximum absolute atomic E-state index is 12.0. The lowest BCUT2D eigenvalue weighted by atomic mass is 10.1. The highest BCUT2D eigenvalue weighted by Gasteiger charge is 2.22. The first-order chi connectivity index (χ1) is 10.1. The first kappa shape index (κ1) is 15.5. The van der Waals surface area contributed by atoms with Crippen molar-refractivity contribution in [1.29, 1.82) is 0 Å². The van der Waals surface area contributed by atoms with Crippen LogP contribution in [0.3, 0.4) is 0 Å². The number of carbonyl (C=O) groups is 1. The van der Waals surface area contributed by atoms with Gasteiger partial charge in [0.1, 0.15) is 6.04 Å². The largest absolute Gasteiger partial charge is 0.468 e. The van der Waals surface area contributed by atoms with Gasteiger partial charge in [-0.15, -0.1) is 0 Å². The number of hydrogen-bond acceptors (Lipinski definition) is 3. The number of nitrogens with one attached hydrogen (secondary N) is 1. The summed E-state index contributed by atoms with van der Waals surface area (Å²) in [6, 6.07) is 14.8. The molecule has 1 unspecified atom stereocenters. The second kappa shape index (κ2) is 7.25. The Morgan fingerprint density at radius 2 is 1.86 bits per heavy atom. The summed E-state index contributed by atoms with van der Waals surface area (Å²) in [5.41, 5.74) is 3.02. The number of hydrogen-bond donors (Lipinski definition) is 1. The van der Waals surface area contributed by atoms with Gasteiger partial charge in [0.25, 0.3) is 0 Å². The van der Waals surface area contributed by atoms with Crippen molar-refractivity contribution in [3.63, 3.8) is 0 Å². The minimum Gasteiger partial charge on any atom is -0.468 e. The lowest BCUT2D eigenvalue weighted by molar-refractivity contribution is -0.143. The maximum Gasteiger partial charge on any atom is 0.327 e. The molecule has 2 rings (SSSR count). The van der Waals surface area contributed by atoms with Crippen molar-refractivity contribution in [2.45, 2.75) is 19.5 Å². The first-order valence-electron chi connectivity index (χ1n) is 6.73. The second-order valence-electron chi connectivity index (χ2n) is 4.84. The number of rotatable bonds is 5. The third-order valence-corrected chi connectivity index (χ3v) is 3.63. The second-order valence-corrected chi connectivity index (χ2v) is 5.25. The molecule has 0 saturated carbocycles. The van der Waals surface area contributed by atoms with Crippen molar-refractivity contribution >= 4 is 17.6 Å². The Kier molecular flexibility index (Phi) is 5.37. The molecule has 1 N–H and O–H groups in total. The molecule has 110 valence electrons. The van der Waals surface area contributed by atoms with Crippen molar-refractivity contribution in [2.24, 2.45) is 0 Å². The van der Waals surface area contributed by atoms with Gasteiger partial charge in [0, 0.05) is 11.6 Å². The van der Waals surface area contributed by atoms with Crippen LogP contribution in [0.25, 0.3) is 0 Å². The summed E-state index contributed by atoms with van der Waals surface area (Å²) in [7, 11) is 1.37. The van der Waals surface area contributed by atoms with E-state index in [1.807, 2.05) is 49.4 Å². The number of ether oxygens (including phenoxy) is 1. The molecular weight excluding hydrogens is 286 g/mol. The lowest BCUT2D eigenvalue weighted by Crippen LogP contribution is -2.29. The normalized spacial score (nSPS) is 12.0. The van der Waals surface area contributed by atoms with E-state index in [4.69, 9.17) is 16.3 Å². The predicted octanol–water partition coefficient (Wildman–Crippen LogP) is 3.65. The molecule has 3 nitrogen and oxygen atoms in total. The van der Waals surface area contributed by atoms with Crippen molar-refractivity contribution in [2.75, 3.05) is 7.11 Å². The van der Waals surface area contributed by atoms with Gasteiger partial charge in [-0.1, -0.05) is 59.6 Å². The molecule has 1 atom stereocenters. The molecule has 2 aromatic carbocycles. The third-order valence-electron chi connectivity index (χ3n) is 3.28. The van der Waals surface area contributed by atoms with E-state index in [1.54, 1.807) is 6.07 Å². The zero-order valence-corrected chi connectivity index (χ0v) is 12.9. The van der Waals surface area contributed by atoms with E-state index in [9.17, 15) is 4.79 Å². The summed E-state index contributed by atoms with van der Waals surface area (Å²) in [5.74, 6) is -0.352. The van der Waals surface area contributed by atoms with Crippen LogP contribution < -0.4 is 5.32 Å². The Labute approximate surface area is 129 Å². The molecule has 0 amide bonds. The highest BCUT2D eigenvalue weighted by Crippen LogP contribution is 2.24. The summed E-state index contributed by atoms with van der Waals surface area (Å²) in [5, 5.41) is 3.75. The van der Waals surface area contributed by atoms with E-state index in [0.717, 1.165) is 11.1 Å². The molecular formula is C17H18ClNO2. The molecule has 0 saturated heterocycles. The van der Waals surface area contributed by atoms with Crippen LogP contribution in [-0.4, -0.2) is 13.1 Å². The Balaban J connectivity index is 2.16. The number of esters is 1. The van der Waals surface area contributed by atoms with Crippen LogP contribution in [0, 0.1) is 6.92 Å². The van der Waals surface area contributed by atoms with Crippen LogP contribution in [0.5, 0.6) is 0 Å². The van der Waals surface area contributed by atoms with Crippen LogP contribution >= 0.6 is 11.6 Å². The predicted molar refractivity (Wildman–Crippen MR) is 84.2 cm³/mol. The summed E-state index contributed by atoms with van der Waals surface area (Å²) in [6.07, 6.45) is 0. The van der Waals surface area contributed by atoms with Gasteiger partial charge in [-0.2, -0.15) is 0 Å². The third kappa shape index (κ3) is 4.06. The molecule has 0 heterocycles. The first-order valence-corrected chi connectivity index (χ1v) is 7.11. The number of methoxy groups -OCH3 is 1. The zero-order valence-electron chi connectivity index (χ0n) is 12.1. The molecule has 0 aliphatic carbocycles. The molecule has 0 aliphatic rings. The van der Waals surface area contributed by atoms with Gasteiger partial charge in [0.15, 0.2) is 0 Å². The molecule has 4 heteroatoms. The van der Waals surface area contributed by atoms with Crippen molar-refractivity contribution in [3.05, 3.63) is 70.2 Å². The van der Waals surface area contributed by atoms with Gasteiger partial charge < -0.3 is 4.74 Å². The lowest BCUT2D eigenvalue weighted by Gasteiger charge is -2.18. The summed E-state index contributed by atoms with van der Waals surface area (Å²) in [6.45, 7) is 2.60. The van der Waals surface area contributed by atoms with E-state index in [2.05, 4.69) is 5.32 Å². The topological polar surface area (TPSA) is 38.3 Å². The Hall–Kier alpha value is -1.84. The van der Waals surface area contributed by atoms with E-state index in [1.165, 1.54) is 12.7 Å². The number of benzene rings is 2. The van der Waals surface area contributed by atoms with Gasteiger partial charge in [-0.3, -0.25) is 5.32 Å². The fourth-order valence-electron chi connectivity index (χ4n) is 2.07. The van der Waals surface area contributed by atoms with E-state index in [0.29, 0.717) is 11.6 Å². The number of aryl methyl sites for hydroxylation is 1. The Morgan fingerprint density at radius 3 is 2.48 bits per heavy atom. The van der Waals surface area contributed by atoms with Crippen LogP contribution in [0.1, 0.15) is 22.7 Å². The van der Waals surface area contributed by atoms with Gasteiger partial charge >= 0.3 is 5.97 Å². The minimum atomic E-state index is -0.579. The molecule has 0 spiro atoms. The quantitative estimate of drug-likeness (QED) is 0.857.